The molecule has 1 fully saturated rings. The van der Waals surface area contributed by atoms with Gasteiger partial charge in [-0.2, -0.15) is 15.0 Å². The third-order valence-corrected chi connectivity index (χ3v) is 7.14. The van der Waals surface area contributed by atoms with Gasteiger partial charge in [-0.05, 0) is 42.9 Å². The summed E-state index contributed by atoms with van der Waals surface area (Å²) in [5, 5.41) is 3.16. The van der Waals surface area contributed by atoms with Crippen molar-refractivity contribution in [2.75, 3.05) is 31.2 Å². The Balaban J connectivity index is 1.29. The molecular weight excluding hydrogens is 452 g/mol. The summed E-state index contributed by atoms with van der Waals surface area (Å²) in [7, 11) is 1.62. The van der Waals surface area contributed by atoms with Crippen LogP contribution in [-0.4, -0.2) is 44.4 Å². The molecule has 1 aromatic heterocycles. The van der Waals surface area contributed by atoms with Crippen molar-refractivity contribution in [1.82, 2.24) is 19.9 Å². The van der Waals surface area contributed by atoms with Crippen LogP contribution in [0.25, 0.3) is 0 Å². The second-order valence-corrected chi connectivity index (χ2v) is 9.54. The molecule has 9 heteroatoms. The molecular formula is C24H28N6OS2. The van der Waals surface area contributed by atoms with E-state index >= 15 is 0 Å². The summed E-state index contributed by atoms with van der Waals surface area (Å²) in [6, 6.07) is 18.3. The molecule has 0 spiro atoms. The molecule has 3 N–H and O–H groups in total. The number of para-hydroxylation sites is 2. The summed E-state index contributed by atoms with van der Waals surface area (Å²) in [5.74, 6) is 3.09. The Morgan fingerprint density at radius 3 is 2.58 bits per heavy atom. The van der Waals surface area contributed by atoms with E-state index in [0.717, 1.165) is 42.4 Å². The minimum Gasteiger partial charge on any atom is -0.495 e. The molecule has 0 atom stereocenters. The number of nitrogen functional groups attached to an aromatic ring is 1. The van der Waals surface area contributed by atoms with Crippen molar-refractivity contribution in [2.24, 2.45) is 5.92 Å². The summed E-state index contributed by atoms with van der Waals surface area (Å²) in [4.78, 5) is 15.3. The van der Waals surface area contributed by atoms with Crippen molar-refractivity contribution in [2.45, 2.75) is 25.0 Å². The zero-order valence-corrected chi connectivity index (χ0v) is 20.2. The van der Waals surface area contributed by atoms with Crippen LogP contribution < -0.4 is 15.8 Å². The van der Waals surface area contributed by atoms with Crippen LogP contribution in [0.3, 0.4) is 0 Å². The fraction of sp³-hybridized carbons (Fsp3) is 0.333. The minimum atomic E-state index is 0.172. The van der Waals surface area contributed by atoms with Gasteiger partial charge < -0.3 is 20.7 Å². The van der Waals surface area contributed by atoms with Crippen molar-refractivity contribution >= 4 is 45.9 Å². The molecule has 7 nitrogen and oxygen atoms in total. The highest BCUT2D eigenvalue weighted by atomic mass is 32.2. The number of likely N-dealkylation sites (tertiary alicyclic amines) is 1. The third kappa shape index (κ3) is 6.55. The number of hydrogen-bond acceptors (Lipinski definition) is 8. The summed E-state index contributed by atoms with van der Waals surface area (Å²) >= 11 is 7.27. The maximum atomic E-state index is 5.93. The number of hydrogen-bond donors (Lipinski definition) is 2. The Bertz CT molecular complexity index is 1070. The summed E-state index contributed by atoms with van der Waals surface area (Å²) < 4.78 is 6.25. The number of thioether (sulfide) groups is 1. The second kappa shape index (κ2) is 11.3. The Hall–Kier alpha value is -2.91. The Labute approximate surface area is 204 Å². The predicted octanol–water partition coefficient (Wildman–Crippen LogP) is 4.68. The van der Waals surface area contributed by atoms with E-state index < -0.39 is 0 Å². The van der Waals surface area contributed by atoms with Crippen molar-refractivity contribution in [3.63, 3.8) is 0 Å². The number of rotatable bonds is 7. The van der Waals surface area contributed by atoms with E-state index in [4.69, 9.17) is 22.7 Å². The predicted molar refractivity (Wildman–Crippen MR) is 139 cm³/mol. The molecule has 3 aromatic rings. The van der Waals surface area contributed by atoms with E-state index in [1.54, 1.807) is 18.9 Å². The van der Waals surface area contributed by atoms with Crippen LogP contribution in [0.1, 0.15) is 24.2 Å². The highest BCUT2D eigenvalue weighted by molar-refractivity contribution is 8.22. The number of benzene rings is 2. The molecule has 0 amide bonds. The van der Waals surface area contributed by atoms with Gasteiger partial charge in [-0.3, -0.25) is 0 Å². The van der Waals surface area contributed by atoms with Crippen LogP contribution in [0.4, 0.5) is 17.6 Å². The number of nitrogens with zero attached hydrogens (tertiary/aromatic N) is 4. The zero-order valence-electron chi connectivity index (χ0n) is 18.6. The SMILES string of the molecule is COc1ccccc1Nc1nc(N)nc(CSC(=S)N2CCC(Cc3ccccc3)CC2)n1. The van der Waals surface area contributed by atoms with Crippen molar-refractivity contribution < 1.29 is 4.74 Å². The molecule has 1 saturated heterocycles. The quantitative estimate of drug-likeness (QED) is 0.468. The fourth-order valence-corrected chi connectivity index (χ4v) is 5.02. The normalized spacial score (nSPS) is 14.2. The first-order valence-corrected chi connectivity index (χ1v) is 12.4. The van der Waals surface area contributed by atoms with Crippen LogP contribution in [0.5, 0.6) is 5.75 Å². The van der Waals surface area contributed by atoms with Gasteiger partial charge in [0.1, 0.15) is 15.9 Å². The number of ether oxygens (including phenoxy) is 1. The largest absolute Gasteiger partial charge is 0.495 e. The molecule has 2 aromatic carbocycles. The molecule has 1 aliphatic rings. The van der Waals surface area contributed by atoms with E-state index in [1.807, 2.05) is 24.3 Å². The number of nitrogens with one attached hydrogen (secondary N) is 1. The number of thiocarbonyl (C=S) groups is 1. The average Bonchev–Trinajstić information content (AvgIpc) is 2.84. The number of nitrogens with two attached hydrogens (primary N) is 1. The first kappa shape index (κ1) is 23.3. The summed E-state index contributed by atoms with van der Waals surface area (Å²) in [5.41, 5.74) is 8.10. The van der Waals surface area contributed by atoms with Gasteiger partial charge in [-0.25, -0.2) is 0 Å². The van der Waals surface area contributed by atoms with Crippen LogP contribution in [0, 0.1) is 5.92 Å². The Morgan fingerprint density at radius 2 is 1.82 bits per heavy atom. The highest BCUT2D eigenvalue weighted by Crippen LogP contribution is 2.27. The lowest BCUT2D eigenvalue weighted by molar-refractivity contribution is 0.271. The highest BCUT2D eigenvalue weighted by Gasteiger charge is 2.21. The second-order valence-electron chi connectivity index (χ2n) is 7.93. The lowest BCUT2D eigenvalue weighted by atomic mass is 9.90. The molecule has 0 aliphatic carbocycles. The lowest BCUT2D eigenvalue weighted by Crippen LogP contribution is -2.36. The molecule has 2 heterocycles. The maximum absolute atomic E-state index is 5.93. The first-order chi connectivity index (χ1) is 16.1. The Morgan fingerprint density at radius 1 is 1.09 bits per heavy atom. The van der Waals surface area contributed by atoms with E-state index in [-0.39, 0.29) is 5.95 Å². The molecule has 4 rings (SSSR count). The zero-order chi connectivity index (χ0) is 23.0. The van der Waals surface area contributed by atoms with Crippen LogP contribution >= 0.6 is 24.0 Å². The molecule has 0 radical (unpaired) electrons. The standard InChI is InChI=1S/C24H28N6OS2/c1-31-20-10-6-5-9-19(20)26-23-28-21(27-22(25)29-23)16-33-24(32)30-13-11-18(12-14-30)15-17-7-3-2-4-8-17/h2-10,18H,11-16H2,1H3,(H3,25,26,27,28,29). The van der Waals surface area contributed by atoms with E-state index in [2.05, 4.69) is 55.5 Å². The van der Waals surface area contributed by atoms with Crippen LogP contribution in [-0.2, 0) is 12.2 Å². The molecule has 0 bridgehead atoms. The summed E-state index contributed by atoms with van der Waals surface area (Å²) in [6.07, 6.45) is 3.45. The molecule has 172 valence electrons. The van der Waals surface area contributed by atoms with Gasteiger partial charge in [0.2, 0.25) is 11.9 Å². The first-order valence-electron chi connectivity index (χ1n) is 11.0. The van der Waals surface area contributed by atoms with Gasteiger partial charge in [-0.15, -0.1) is 0 Å². The minimum absolute atomic E-state index is 0.172. The lowest BCUT2D eigenvalue weighted by Gasteiger charge is -2.33. The van der Waals surface area contributed by atoms with Gasteiger partial charge in [-0.1, -0.05) is 66.4 Å². The Kier molecular flexibility index (Phi) is 7.96. The van der Waals surface area contributed by atoms with Gasteiger partial charge in [0, 0.05) is 13.1 Å². The van der Waals surface area contributed by atoms with Crippen LogP contribution in [0.2, 0.25) is 0 Å². The fourth-order valence-electron chi connectivity index (χ4n) is 3.91. The van der Waals surface area contributed by atoms with Crippen molar-refractivity contribution in [1.29, 1.82) is 0 Å². The third-order valence-electron chi connectivity index (χ3n) is 5.62. The maximum Gasteiger partial charge on any atom is 0.232 e. The summed E-state index contributed by atoms with van der Waals surface area (Å²) in [6.45, 7) is 1.98. The monoisotopic (exact) mass is 480 g/mol. The van der Waals surface area contributed by atoms with Gasteiger partial charge in [0.05, 0.1) is 18.6 Å². The van der Waals surface area contributed by atoms with Crippen molar-refractivity contribution in [3.8, 4) is 5.75 Å². The number of anilines is 3. The van der Waals surface area contributed by atoms with Crippen LogP contribution in [0.15, 0.2) is 54.6 Å². The average molecular weight is 481 g/mol. The number of aromatic nitrogens is 3. The number of piperidine rings is 1. The van der Waals surface area contributed by atoms with E-state index in [1.165, 1.54) is 5.56 Å². The van der Waals surface area contributed by atoms with Gasteiger partial charge in [0.25, 0.3) is 0 Å². The molecule has 1 aliphatic heterocycles. The topological polar surface area (TPSA) is 89.2 Å². The van der Waals surface area contributed by atoms with Gasteiger partial charge in [0.15, 0.2) is 0 Å². The number of methoxy groups -OCH3 is 1. The molecule has 0 saturated carbocycles. The molecule has 33 heavy (non-hydrogen) atoms. The molecule has 0 unspecified atom stereocenters. The van der Waals surface area contributed by atoms with Crippen molar-refractivity contribution in [3.05, 3.63) is 66.0 Å². The van der Waals surface area contributed by atoms with E-state index in [9.17, 15) is 0 Å². The van der Waals surface area contributed by atoms with E-state index in [0.29, 0.717) is 29.2 Å². The van der Waals surface area contributed by atoms with Gasteiger partial charge >= 0.3 is 0 Å². The smallest absolute Gasteiger partial charge is 0.232 e.